The molecule has 1 amide bonds. The molecule has 27 heavy (non-hydrogen) atoms. The van der Waals surface area contributed by atoms with E-state index < -0.39 is 17.9 Å². The minimum absolute atomic E-state index is 0.0287. The van der Waals surface area contributed by atoms with Gasteiger partial charge in [-0.05, 0) is 50.2 Å². The summed E-state index contributed by atoms with van der Waals surface area (Å²) in [5, 5.41) is 12.4. The van der Waals surface area contributed by atoms with Gasteiger partial charge in [0.25, 0.3) is 11.5 Å². The first-order valence-corrected chi connectivity index (χ1v) is 9.58. The molecule has 1 aromatic heterocycles. The normalized spacial score (nSPS) is 22.0. The molecule has 1 fully saturated rings. The summed E-state index contributed by atoms with van der Waals surface area (Å²) in [6.45, 7) is 5.48. The number of nitrogens with one attached hydrogen (secondary N) is 1. The van der Waals surface area contributed by atoms with Gasteiger partial charge in [-0.3, -0.25) is 9.59 Å². The molecule has 1 saturated carbocycles. The van der Waals surface area contributed by atoms with Gasteiger partial charge in [-0.25, -0.2) is 4.79 Å². The Hall–Kier alpha value is -2.15. The Morgan fingerprint density at radius 3 is 2.52 bits per heavy atom. The lowest BCUT2D eigenvalue weighted by Gasteiger charge is -2.28. The van der Waals surface area contributed by atoms with E-state index in [9.17, 15) is 19.5 Å². The molecule has 0 saturated heterocycles. The van der Waals surface area contributed by atoms with Gasteiger partial charge in [-0.15, -0.1) is 0 Å². The predicted molar refractivity (Wildman–Crippen MR) is 102 cm³/mol. The topological polar surface area (TPSA) is 97.6 Å². The second-order valence-corrected chi connectivity index (χ2v) is 7.41. The molecule has 1 aliphatic rings. The van der Waals surface area contributed by atoms with Gasteiger partial charge in [0, 0.05) is 12.2 Å². The summed E-state index contributed by atoms with van der Waals surface area (Å²) in [6, 6.07) is 0.918. The predicted octanol–water partition coefficient (Wildman–Crippen LogP) is 1.95. The van der Waals surface area contributed by atoms with Crippen LogP contribution in [0.1, 0.15) is 67.9 Å². The number of amides is 1. The van der Waals surface area contributed by atoms with Crippen molar-refractivity contribution in [2.24, 2.45) is 5.92 Å². The molecule has 0 unspecified atom stereocenters. The van der Waals surface area contributed by atoms with Crippen molar-refractivity contribution in [1.29, 1.82) is 0 Å². The molecule has 0 bridgehead atoms. The number of esters is 1. The van der Waals surface area contributed by atoms with Crippen LogP contribution in [0.4, 0.5) is 0 Å². The molecule has 7 heteroatoms. The number of aliphatic hydroxyl groups is 1. The molecule has 0 aliphatic heterocycles. The Morgan fingerprint density at radius 1 is 1.33 bits per heavy atom. The van der Waals surface area contributed by atoms with Crippen LogP contribution in [0, 0.1) is 12.8 Å². The quantitative estimate of drug-likeness (QED) is 0.738. The van der Waals surface area contributed by atoms with Gasteiger partial charge >= 0.3 is 5.97 Å². The first-order chi connectivity index (χ1) is 12.8. The molecule has 1 heterocycles. The first-order valence-electron chi connectivity index (χ1n) is 9.58. The number of hydrogen-bond acceptors (Lipinski definition) is 5. The lowest BCUT2D eigenvalue weighted by atomic mass is 9.92. The molecule has 2 N–H and O–H groups in total. The molecule has 150 valence electrons. The number of carbonyl (C=O) groups is 2. The number of hydrogen-bond donors (Lipinski definition) is 2. The number of aromatic nitrogens is 1. The summed E-state index contributed by atoms with van der Waals surface area (Å²) < 4.78 is 6.39. The average Bonchev–Trinajstić information content (AvgIpc) is 2.66. The molecule has 1 aliphatic carbocycles. The fourth-order valence-corrected chi connectivity index (χ4v) is 3.55. The molecule has 2 rings (SSSR count). The Bertz CT molecular complexity index is 734. The minimum Gasteiger partial charge on any atom is -0.467 e. The van der Waals surface area contributed by atoms with Gasteiger partial charge < -0.3 is 19.7 Å². The third kappa shape index (κ3) is 4.77. The van der Waals surface area contributed by atoms with E-state index in [0.29, 0.717) is 37.7 Å². The third-order valence-electron chi connectivity index (χ3n) is 5.57. The summed E-state index contributed by atoms with van der Waals surface area (Å²) in [5.41, 5.74) is 0.264. The van der Waals surface area contributed by atoms with Crippen LogP contribution in [0.15, 0.2) is 17.1 Å². The molecule has 7 nitrogen and oxygen atoms in total. The van der Waals surface area contributed by atoms with E-state index in [1.54, 1.807) is 23.8 Å². The van der Waals surface area contributed by atoms with E-state index in [2.05, 4.69) is 5.32 Å². The molecule has 1 aromatic rings. The van der Waals surface area contributed by atoms with E-state index in [1.165, 1.54) is 7.11 Å². The Kier molecular flexibility index (Phi) is 7.18. The number of aliphatic hydroxyl groups excluding tert-OH is 1. The van der Waals surface area contributed by atoms with Gasteiger partial charge in [0.15, 0.2) is 0 Å². The van der Waals surface area contributed by atoms with Crippen LogP contribution >= 0.6 is 0 Å². The second kappa shape index (κ2) is 9.17. The number of ether oxygens (including phenoxy) is 1. The van der Waals surface area contributed by atoms with Crippen LogP contribution < -0.4 is 10.9 Å². The summed E-state index contributed by atoms with van der Waals surface area (Å²) in [7, 11) is 1.28. The summed E-state index contributed by atoms with van der Waals surface area (Å²) >= 11 is 0. The molecular weight excluding hydrogens is 348 g/mol. The highest BCUT2D eigenvalue weighted by atomic mass is 16.5. The number of methoxy groups -OCH3 is 1. The zero-order valence-electron chi connectivity index (χ0n) is 16.5. The largest absolute Gasteiger partial charge is 0.467 e. The zero-order valence-corrected chi connectivity index (χ0v) is 16.5. The van der Waals surface area contributed by atoms with Gasteiger partial charge in [-0.1, -0.05) is 20.3 Å². The number of pyridine rings is 1. The summed E-state index contributed by atoms with van der Waals surface area (Å²) in [6.07, 6.45) is 4.76. The number of carbonyl (C=O) groups excluding carboxylic acids is 2. The molecular formula is C20H30N2O5. The van der Waals surface area contributed by atoms with E-state index >= 15 is 0 Å². The van der Waals surface area contributed by atoms with Crippen LogP contribution in [0.3, 0.4) is 0 Å². The lowest BCUT2D eigenvalue weighted by molar-refractivity contribution is -0.144. The first kappa shape index (κ1) is 21.2. The summed E-state index contributed by atoms with van der Waals surface area (Å²) in [4.78, 5) is 37.9. The molecule has 0 aromatic carbocycles. The second-order valence-electron chi connectivity index (χ2n) is 7.41. The van der Waals surface area contributed by atoms with Crippen molar-refractivity contribution in [3.05, 3.63) is 33.7 Å². The van der Waals surface area contributed by atoms with Crippen LogP contribution in [0.5, 0.6) is 0 Å². The number of aryl methyl sites for hydroxylation is 1. The Morgan fingerprint density at radius 2 is 1.96 bits per heavy atom. The van der Waals surface area contributed by atoms with Gasteiger partial charge in [-0.2, -0.15) is 0 Å². The maximum atomic E-state index is 13.0. The van der Waals surface area contributed by atoms with Crippen molar-refractivity contribution in [1.82, 2.24) is 9.88 Å². The maximum absolute atomic E-state index is 13.0. The van der Waals surface area contributed by atoms with Crippen LogP contribution in [-0.2, 0) is 9.53 Å². The van der Waals surface area contributed by atoms with Crippen molar-refractivity contribution in [2.75, 3.05) is 7.11 Å². The van der Waals surface area contributed by atoms with Crippen molar-refractivity contribution in [2.45, 2.75) is 71.1 Å². The van der Waals surface area contributed by atoms with Crippen LogP contribution in [-0.4, -0.2) is 40.8 Å². The van der Waals surface area contributed by atoms with Crippen molar-refractivity contribution in [3.8, 4) is 0 Å². The van der Waals surface area contributed by atoms with E-state index in [1.807, 2.05) is 13.8 Å². The van der Waals surface area contributed by atoms with E-state index in [4.69, 9.17) is 4.74 Å². The van der Waals surface area contributed by atoms with Crippen molar-refractivity contribution >= 4 is 11.9 Å². The molecule has 0 radical (unpaired) electrons. The summed E-state index contributed by atoms with van der Waals surface area (Å²) in [5.74, 6) is -1.20. The van der Waals surface area contributed by atoms with Gasteiger partial charge in [0.2, 0.25) is 0 Å². The molecule has 2 atom stereocenters. The number of nitrogens with zero attached hydrogens (tertiary/aromatic N) is 1. The zero-order chi connectivity index (χ0) is 20.1. The minimum atomic E-state index is -0.801. The Balaban J connectivity index is 2.31. The maximum Gasteiger partial charge on any atom is 0.328 e. The molecule has 0 spiro atoms. The lowest BCUT2D eigenvalue weighted by Crippen LogP contribution is -2.47. The SMILES string of the molecule is CC[C@H](C)[C@H](NC(=O)c1c(C)ccn(C2CCC(O)CC2)c1=O)C(=O)OC. The fourth-order valence-electron chi connectivity index (χ4n) is 3.55. The van der Waals surface area contributed by atoms with Crippen LogP contribution in [0.2, 0.25) is 0 Å². The Labute approximate surface area is 159 Å². The van der Waals surface area contributed by atoms with Crippen LogP contribution in [0.25, 0.3) is 0 Å². The standard InChI is InChI=1S/C20H30N2O5/c1-5-12(2)17(20(26)27-4)21-18(24)16-13(3)10-11-22(19(16)25)14-6-8-15(23)9-7-14/h10-12,14-15,17,23H,5-9H2,1-4H3,(H,21,24)/t12-,14?,15?,17-/m0/s1. The van der Waals surface area contributed by atoms with E-state index in [-0.39, 0.29) is 29.2 Å². The van der Waals surface area contributed by atoms with Crippen molar-refractivity contribution < 1.29 is 19.4 Å². The highest BCUT2D eigenvalue weighted by Crippen LogP contribution is 2.27. The monoisotopic (exact) mass is 378 g/mol. The average molecular weight is 378 g/mol. The third-order valence-corrected chi connectivity index (χ3v) is 5.57. The van der Waals surface area contributed by atoms with Crippen molar-refractivity contribution in [3.63, 3.8) is 0 Å². The fraction of sp³-hybridized carbons (Fsp3) is 0.650. The van der Waals surface area contributed by atoms with Gasteiger partial charge in [0.05, 0.1) is 13.2 Å². The van der Waals surface area contributed by atoms with Gasteiger partial charge in [0.1, 0.15) is 11.6 Å². The highest BCUT2D eigenvalue weighted by molar-refractivity contribution is 5.97. The number of rotatable bonds is 6. The smallest absolute Gasteiger partial charge is 0.328 e. The van der Waals surface area contributed by atoms with E-state index in [0.717, 1.165) is 0 Å². The highest BCUT2D eigenvalue weighted by Gasteiger charge is 2.29.